The highest BCUT2D eigenvalue weighted by atomic mass is 16.4. The van der Waals surface area contributed by atoms with Crippen LogP contribution in [0.4, 0.5) is 0 Å². The molecule has 1 saturated carbocycles. The van der Waals surface area contributed by atoms with Gasteiger partial charge < -0.3 is 20.8 Å². The molecule has 2 aromatic rings. The van der Waals surface area contributed by atoms with Crippen LogP contribution < -0.4 is 10.6 Å². The van der Waals surface area contributed by atoms with E-state index < -0.39 is 11.9 Å². The highest BCUT2D eigenvalue weighted by Gasteiger charge is 2.18. The third-order valence-corrected chi connectivity index (χ3v) is 4.91. The molecule has 4 N–H and O–H groups in total. The van der Waals surface area contributed by atoms with Crippen molar-refractivity contribution >= 4 is 17.8 Å². The average Bonchev–Trinajstić information content (AvgIpc) is 2.78. The zero-order valence-corrected chi connectivity index (χ0v) is 16.8. The Kier molecular flexibility index (Phi) is 9.54. The molecule has 7 heteroatoms. The first kappa shape index (κ1) is 23.1. The van der Waals surface area contributed by atoms with E-state index in [0.29, 0.717) is 12.6 Å². The molecular formula is C23H28N2O5. The maximum atomic E-state index is 12.5. The monoisotopic (exact) mass is 412 g/mol. The Hall–Kier alpha value is -3.19. The van der Waals surface area contributed by atoms with E-state index in [0.717, 1.165) is 11.1 Å². The summed E-state index contributed by atoms with van der Waals surface area (Å²) in [5, 5.41) is 21.4. The van der Waals surface area contributed by atoms with Crippen LogP contribution in [0, 0.1) is 0 Å². The van der Waals surface area contributed by atoms with Crippen molar-refractivity contribution in [3.63, 3.8) is 0 Å². The number of benzene rings is 2. The second kappa shape index (κ2) is 12.4. The van der Waals surface area contributed by atoms with Crippen molar-refractivity contribution in [2.75, 3.05) is 6.54 Å². The summed E-state index contributed by atoms with van der Waals surface area (Å²) in [6.07, 6.45) is 6.25. The minimum Gasteiger partial charge on any atom is -0.473 e. The summed E-state index contributed by atoms with van der Waals surface area (Å²) in [4.78, 5) is 30.7. The zero-order chi connectivity index (χ0) is 21.8. The van der Waals surface area contributed by atoms with Crippen LogP contribution in [0.25, 0.3) is 0 Å². The molecule has 0 atom stereocenters. The first-order valence-corrected chi connectivity index (χ1v) is 10.1. The van der Waals surface area contributed by atoms with E-state index >= 15 is 0 Å². The van der Waals surface area contributed by atoms with E-state index in [1.165, 1.54) is 32.1 Å². The van der Waals surface area contributed by atoms with Gasteiger partial charge in [-0.25, -0.2) is 9.59 Å². The lowest BCUT2D eigenvalue weighted by molar-refractivity contribution is -0.159. The van der Waals surface area contributed by atoms with Crippen molar-refractivity contribution < 1.29 is 24.6 Å². The molecule has 1 fully saturated rings. The highest BCUT2D eigenvalue weighted by Crippen LogP contribution is 2.21. The molecule has 0 aliphatic heterocycles. The fourth-order valence-electron chi connectivity index (χ4n) is 3.41. The van der Waals surface area contributed by atoms with Crippen molar-refractivity contribution in [3.05, 3.63) is 71.8 Å². The number of carboxylic acid groups (broad SMARTS) is 2. The van der Waals surface area contributed by atoms with Crippen LogP contribution in [0.15, 0.2) is 60.7 Å². The Labute approximate surface area is 176 Å². The molecule has 3 rings (SSSR count). The number of hydrogen-bond acceptors (Lipinski definition) is 4. The van der Waals surface area contributed by atoms with Crippen LogP contribution in [0.1, 0.15) is 49.3 Å². The fraction of sp³-hybridized carbons (Fsp3) is 0.348. The van der Waals surface area contributed by atoms with Gasteiger partial charge in [-0.1, -0.05) is 79.9 Å². The third-order valence-electron chi connectivity index (χ3n) is 4.91. The minimum absolute atomic E-state index is 0.0540. The molecule has 0 saturated heterocycles. The lowest BCUT2D eigenvalue weighted by Gasteiger charge is -2.24. The van der Waals surface area contributed by atoms with Crippen LogP contribution in [0.5, 0.6) is 0 Å². The van der Waals surface area contributed by atoms with Gasteiger partial charge in [0.1, 0.15) is 0 Å². The molecule has 1 aliphatic carbocycles. The number of carbonyl (C=O) groups is 3. The summed E-state index contributed by atoms with van der Waals surface area (Å²) in [7, 11) is 0. The van der Waals surface area contributed by atoms with E-state index in [2.05, 4.69) is 34.9 Å². The highest BCUT2D eigenvalue weighted by molar-refractivity contribution is 6.27. The standard InChI is InChI=1S/C21H26N2O.C2H2O4/c24-20(16-22-19-14-8-3-9-15-19)23-21(17-10-4-1-5-11-17)18-12-6-2-7-13-18;3-1(4)2(5)6/h1-2,4-7,10-13,19,21-22H,3,8-9,14-16H2,(H,23,24);(H,3,4)(H,5,6). The maximum absolute atomic E-state index is 12.5. The van der Waals surface area contributed by atoms with E-state index in [-0.39, 0.29) is 11.9 Å². The molecule has 0 bridgehead atoms. The number of carbonyl (C=O) groups excluding carboxylic acids is 1. The van der Waals surface area contributed by atoms with E-state index in [1.54, 1.807) is 0 Å². The van der Waals surface area contributed by atoms with Crippen LogP contribution in [0.3, 0.4) is 0 Å². The van der Waals surface area contributed by atoms with Crippen molar-refractivity contribution in [2.45, 2.75) is 44.2 Å². The molecule has 0 spiro atoms. The van der Waals surface area contributed by atoms with Crippen molar-refractivity contribution in [3.8, 4) is 0 Å². The second-order valence-corrected chi connectivity index (χ2v) is 7.15. The summed E-state index contributed by atoms with van der Waals surface area (Å²) >= 11 is 0. The van der Waals surface area contributed by atoms with Gasteiger partial charge in [-0.05, 0) is 24.0 Å². The van der Waals surface area contributed by atoms with Gasteiger partial charge in [0.2, 0.25) is 5.91 Å². The van der Waals surface area contributed by atoms with Crippen LogP contribution >= 0.6 is 0 Å². The summed E-state index contributed by atoms with van der Waals surface area (Å²) in [6.45, 7) is 0.390. The Balaban J connectivity index is 0.000000469. The van der Waals surface area contributed by atoms with Gasteiger partial charge in [0, 0.05) is 6.04 Å². The van der Waals surface area contributed by atoms with Crippen molar-refractivity contribution in [2.24, 2.45) is 0 Å². The summed E-state index contributed by atoms with van der Waals surface area (Å²) < 4.78 is 0. The average molecular weight is 412 g/mol. The molecule has 30 heavy (non-hydrogen) atoms. The predicted molar refractivity (Wildman–Crippen MR) is 113 cm³/mol. The number of carboxylic acids is 2. The lowest BCUT2D eigenvalue weighted by atomic mass is 9.95. The van der Waals surface area contributed by atoms with Gasteiger partial charge in [0.05, 0.1) is 12.6 Å². The van der Waals surface area contributed by atoms with Crippen molar-refractivity contribution in [1.82, 2.24) is 10.6 Å². The van der Waals surface area contributed by atoms with E-state index in [9.17, 15) is 4.79 Å². The topological polar surface area (TPSA) is 116 Å². The minimum atomic E-state index is -1.82. The Morgan fingerprint density at radius 1 is 0.800 bits per heavy atom. The second-order valence-electron chi connectivity index (χ2n) is 7.15. The van der Waals surface area contributed by atoms with Crippen LogP contribution in [-0.4, -0.2) is 40.6 Å². The van der Waals surface area contributed by atoms with Gasteiger partial charge in [-0.15, -0.1) is 0 Å². The van der Waals surface area contributed by atoms with Gasteiger partial charge in [0.25, 0.3) is 0 Å². The summed E-state index contributed by atoms with van der Waals surface area (Å²) in [6, 6.07) is 20.7. The van der Waals surface area contributed by atoms with Gasteiger partial charge >= 0.3 is 11.9 Å². The number of nitrogens with one attached hydrogen (secondary N) is 2. The van der Waals surface area contributed by atoms with Gasteiger partial charge in [-0.2, -0.15) is 0 Å². The molecule has 2 aromatic carbocycles. The Bertz CT molecular complexity index is 753. The van der Waals surface area contributed by atoms with Gasteiger partial charge in [-0.3, -0.25) is 4.79 Å². The van der Waals surface area contributed by atoms with Crippen molar-refractivity contribution in [1.29, 1.82) is 0 Å². The molecule has 160 valence electrons. The Morgan fingerprint density at radius 3 is 1.70 bits per heavy atom. The van der Waals surface area contributed by atoms with E-state index in [1.807, 2.05) is 36.4 Å². The quantitative estimate of drug-likeness (QED) is 0.542. The third kappa shape index (κ3) is 8.05. The maximum Gasteiger partial charge on any atom is 0.414 e. The molecule has 1 aliphatic rings. The molecule has 1 amide bonds. The predicted octanol–water partition coefficient (Wildman–Crippen LogP) is 2.97. The van der Waals surface area contributed by atoms with E-state index in [4.69, 9.17) is 19.8 Å². The first-order chi connectivity index (χ1) is 14.5. The number of amides is 1. The molecule has 7 nitrogen and oxygen atoms in total. The molecule has 0 radical (unpaired) electrons. The molecule has 0 unspecified atom stereocenters. The number of aliphatic carboxylic acids is 2. The van der Waals surface area contributed by atoms with Crippen LogP contribution in [0.2, 0.25) is 0 Å². The molecule has 0 heterocycles. The summed E-state index contributed by atoms with van der Waals surface area (Å²) in [5.41, 5.74) is 2.21. The number of rotatable bonds is 6. The summed E-state index contributed by atoms with van der Waals surface area (Å²) in [5.74, 6) is -3.59. The lowest BCUT2D eigenvalue weighted by Crippen LogP contribution is -2.41. The van der Waals surface area contributed by atoms with Gasteiger partial charge in [0.15, 0.2) is 0 Å². The zero-order valence-electron chi connectivity index (χ0n) is 16.8. The largest absolute Gasteiger partial charge is 0.473 e. The normalized spacial score (nSPS) is 13.8. The molecule has 0 aromatic heterocycles. The van der Waals surface area contributed by atoms with Crippen LogP contribution in [-0.2, 0) is 14.4 Å². The number of hydrogen-bond donors (Lipinski definition) is 4. The molecular weight excluding hydrogens is 384 g/mol. The smallest absolute Gasteiger partial charge is 0.414 e. The first-order valence-electron chi connectivity index (χ1n) is 10.1. The SMILES string of the molecule is O=C(CNC1CCCCC1)NC(c1ccccc1)c1ccccc1.O=C(O)C(=O)O. The Morgan fingerprint density at radius 2 is 1.27 bits per heavy atom. The fourth-order valence-corrected chi connectivity index (χ4v) is 3.41.